The minimum atomic E-state index is 0. The Balaban J connectivity index is 0.000000158. The molecule has 6 aromatic rings. The van der Waals surface area contributed by atoms with Gasteiger partial charge in [0, 0.05) is 0 Å². The predicted molar refractivity (Wildman–Crippen MR) is 126 cm³/mol. The molecular weight excluding hydrogens is 483 g/mol. The van der Waals surface area contributed by atoms with Gasteiger partial charge in [-0.25, -0.2) is 0 Å². The van der Waals surface area contributed by atoms with Crippen molar-refractivity contribution in [1.29, 1.82) is 0 Å². The summed E-state index contributed by atoms with van der Waals surface area (Å²) < 4.78 is 10.7. The van der Waals surface area contributed by atoms with Crippen LogP contribution in [0.2, 0.25) is 0 Å². The van der Waals surface area contributed by atoms with E-state index >= 15 is 0 Å². The summed E-state index contributed by atoms with van der Waals surface area (Å²) >= 11 is 4.39. The maximum absolute atomic E-state index is 5.35. The van der Waals surface area contributed by atoms with Gasteiger partial charge in [0.15, 0.2) is 0 Å². The standard InChI is InChI=1S/2C13H9O.CH2Cl.Zr/c2*1-2-5-11-9-12(8-10(11)4-1)13-6-3-7-14-13;1-2;/h2*1-9H;1H2;/q3*-1;+3. The maximum Gasteiger partial charge on any atom is 3.00 e. The molecule has 1 radical (unpaired) electrons. The van der Waals surface area contributed by atoms with Crippen LogP contribution < -0.4 is 0 Å². The molecule has 4 aromatic carbocycles. The van der Waals surface area contributed by atoms with Gasteiger partial charge in [-0.1, -0.05) is 59.7 Å². The number of halogens is 1. The van der Waals surface area contributed by atoms with E-state index in [0.29, 0.717) is 0 Å². The van der Waals surface area contributed by atoms with Gasteiger partial charge >= 0.3 is 26.2 Å². The molecule has 0 bridgehead atoms. The first-order valence-electron chi connectivity index (χ1n) is 9.52. The van der Waals surface area contributed by atoms with Gasteiger partial charge in [0.2, 0.25) is 0 Å². The summed E-state index contributed by atoms with van der Waals surface area (Å²) in [6, 6.07) is 33.0. The van der Waals surface area contributed by atoms with Crippen molar-refractivity contribution in [2.45, 2.75) is 0 Å². The van der Waals surface area contributed by atoms with Crippen molar-refractivity contribution in [3.05, 3.63) is 116 Å². The molecule has 2 nitrogen and oxygen atoms in total. The molecule has 6 rings (SSSR count). The zero-order chi connectivity index (χ0) is 20.8. The molecule has 151 valence electrons. The van der Waals surface area contributed by atoms with Crippen LogP contribution in [-0.2, 0) is 26.2 Å². The van der Waals surface area contributed by atoms with Gasteiger partial charge < -0.3 is 20.4 Å². The smallest absolute Gasteiger partial charge is 0.499 e. The Hall–Kier alpha value is -2.61. The number of rotatable bonds is 2. The number of benzene rings is 2. The van der Waals surface area contributed by atoms with Crippen molar-refractivity contribution in [3.8, 4) is 22.6 Å². The van der Waals surface area contributed by atoms with Gasteiger partial charge in [0.1, 0.15) is 0 Å². The summed E-state index contributed by atoms with van der Waals surface area (Å²) in [7, 11) is 0. The third-order valence-electron chi connectivity index (χ3n) is 4.85. The average Bonchev–Trinajstić information content (AvgIpc) is 3.60. The molecule has 2 heterocycles. The third kappa shape index (κ3) is 5.36. The molecule has 0 saturated carbocycles. The predicted octanol–water partition coefficient (Wildman–Crippen LogP) is 8.65. The monoisotopic (exact) mass is 501 g/mol. The molecule has 0 N–H and O–H groups in total. The third-order valence-corrected chi connectivity index (χ3v) is 4.85. The number of hydrogen-bond acceptors (Lipinski definition) is 2. The Kier molecular flexibility index (Phi) is 8.29. The minimum Gasteiger partial charge on any atom is -0.499 e. The quantitative estimate of drug-likeness (QED) is 0.221. The fourth-order valence-electron chi connectivity index (χ4n) is 3.47. The van der Waals surface area contributed by atoms with Crippen LogP contribution >= 0.6 is 11.6 Å². The normalized spacial score (nSPS) is 10.0. The molecule has 0 saturated heterocycles. The molecule has 0 aliphatic heterocycles. The molecule has 0 fully saturated rings. The first-order chi connectivity index (χ1) is 14.9. The first kappa shape index (κ1) is 23.1. The molecule has 0 spiro atoms. The summed E-state index contributed by atoms with van der Waals surface area (Å²) in [5.41, 5.74) is 2.30. The van der Waals surface area contributed by atoms with E-state index in [2.05, 4.69) is 66.5 Å². The van der Waals surface area contributed by atoms with Crippen LogP contribution in [0.3, 0.4) is 0 Å². The van der Waals surface area contributed by atoms with Crippen LogP contribution in [-0.4, -0.2) is 0 Å². The van der Waals surface area contributed by atoms with E-state index in [0.717, 1.165) is 22.6 Å². The van der Waals surface area contributed by atoms with Gasteiger partial charge in [0.05, 0.1) is 24.0 Å². The van der Waals surface area contributed by atoms with Gasteiger partial charge in [-0.2, -0.15) is 0 Å². The molecule has 0 atom stereocenters. The van der Waals surface area contributed by atoms with Crippen LogP contribution in [0.25, 0.3) is 44.2 Å². The number of hydrogen-bond donors (Lipinski definition) is 0. The average molecular weight is 503 g/mol. The molecule has 0 unspecified atom stereocenters. The largest absolute Gasteiger partial charge is 3.00 e. The number of fused-ring (bicyclic) bond motifs is 2. The van der Waals surface area contributed by atoms with Crippen LogP contribution in [0.4, 0.5) is 0 Å². The topological polar surface area (TPSA) is 26.3 Å². The number of furan rings is 2. The second kappa shape index (κ2) is 11.1. The Bertz CT molecular complexity index is 1140. The molecule has 2 aromatic heterocycles. The van der Waals surface area contributed by atoms with Crippen LogP contribution in [0, 0.1) is 6.38 Å². The van der Waals surface area contributed by atoms with Crippen molar-refractivity contribution >= 4 is 33.1 Å². The van der Waals surface area contributed by atoms with Crippen molar-refractivity contribution in [2.24, 2.45) is 0 Å². The van der Waals surface area contributed by atoms with Crippen LogP contribution in [0.1, 0.15) is 0 Å². The van der Waals surface area contributed by atoms with Crippen LogP contribution in [0.15, 0.2) is 118 Å². The molecule has 0 aliphatic carbocycles. The van der Waals surface area contributed by atoms with E-state index in [9.17, 15) is 0 Å². The zero-order valence-electron chi connectivity index (χ0n) is 16.8. The van der Waals surface area contributed by atoms with E-state index < -0.39 is 0 Å². The summed E-state index contributed by atoms with van der Waals surface area (Å²) in [6.45, 7) is 0. The maximum atomic E-state index is 5.35. The van der Waals surface area contributed by atoms with Crippen molar-refractivity contribution < 1.29 is 35.0 Å². The van der Waals surface area contributed by atoms with Gasteiger partial charge in [-0.05, 0) is 12.1 Å². The fraction of sp³-hybridized carbons (Fsp3) is 0. The minimum absolute atomic E-state index is 0. The van der Waals surface area contributed by atoms with E-state index in [-0.39, 0.29) is 26.2 Å². The van der Waals surface area contributed by atoms with Crippen molar-refractivity contribution in [3.63, 3.8) is 0 Å². The second-order valence-electron chi connectivity index (χ2n) is 6.70. The summed E-state index contributed by atoms with van der Waals surface area (Å²) in [5.74, 6) is 1.86. The SMILES string of the molecule is [CH2-]Cl.[Zr+3].c1coc(-c2cc3ccccc3[cH-]2)c1.c1coc(-c2cc3ccccc3[cH-]2)c1. The van der Waals surface area contributed by atoms with Crippen LogP contribution in [0.5, 0.6) is 0 Å². The van der Waals surface area contributed by atoms with Gasteiger partial charge in [0.25, 0.3) is 0 Å². The molecule has 31 heavy (non-hydrogen) atoms. The Morgan fingerprint density at radius 1 is 0.581 bits per heavy atom. The summed E-state index contributed by atoms with van der Waals surface area (Å²) in [6.07, 6.45) is 6.12. The Morgan fingerprint density at radius 2 is 1.00 bits per heavy atom. The Labute approximate surface area is 205 Å². The molecule has 0 amide bonds. The van der Waals surface area contributed by atoms with Crippen molar-refractivity contribution in [1.82, 2.24) is 0 Å². The van der Waals surface area contributed by atoms with E-state index in [4.69, 9.17) is 8.83 Å². The molecule has 0 aliphatic rings. The summed E-state index contributed by atoms with van der Waals surface area (Å²) in [5, 5.41) is 5.05. The molecular formula is C27H20ClO2Zr. The Morgan fingerprint density at radius 3 is 1.35 bits per heavy atom. The second-order valence-corrected chi connectivity index (χ2v) is 6.70. The van der Waals surface area contributed by atoms with Gasteiger partial charge in [-0.3, -0.25) is 6.38 Å². The zero-order valence-corrected chi connectivity index (χ0v) is 20.0. The van der Waals surface area contributed by atoms with Crippen molar-refractivity contribution in [2.75, 3.05) is 0 Å². The van der Waals surface area contributed by atoms with Gasteiger partial charge in [-0.15, -0.1) is 57.9 Å². The summed E-state index contributed by atoms with van der Waals surface area (Å²) in [4.78, 5) is 0. The van der Waals surface area contributed by atoms with E-state index in [1.807, 2.05) is 48.5 Å². The first-order valence-corrected chi connectivity index (χ1v) is 10.1. The fourth-order valence-corrected chi connectivity index (χ4v) is 3.47. The van der Waals surface area contributed by atoms with E-state index in [1.165, 1.54) is 21.5 Å². The molecule has 4 heteroatoms. The van der Waals surface area contributed by atoms with E-state index in [1.54, 1.807) is 12.5 Å².